The summed E-state index contributed by atoms with van der Waals surface area (Å²) in [4.78, 5) is 5.32. The molecule has 0 radical (unpaired) electrons. The van der Waals surface area contributed by atoms with E-state index in [1.807, 2.05) is 32.2 Å². The standard InChI is InChI=1S/C13H14N4O2S2/c1-7(2)11-14-9(17-19-11)6-21-13-16-15-12(18-13)10-8(3)4-5-20-10/h4-5,7H,6H2,1-3H3. The first kappa shape index (κ1) is 14.3. The topological polar surface area (TPSA) is 77.8 Å². The van der Waals surface area contributed by atoms with Gasteiger partial charge in [0.1, 0.15) is 0 Å². The van der Waals surface area contributed by atoms with Crippen molar-refractivity contribution in [2.24, 2.45) is 0 Å². The molecule has 3 rings (SSSR count). The summed E-state index contributed by atoms with van der Waals surface area (Å²) in [6.07, 6.45) is 0. The van der Waals surface area contributed by atoms with Gasteiger partial charge in [0.15, 0.2) is 5.82 Å². The second kappa shape index (κ2) is 5.98. The van der Waals surface area contributed by atoms with Gasteiger partial charge in [-0.3, -0.25) is 0 Å². The molecule has 0 saturated carbocycles. The molecular weight excluding hydrogens is 308 g/mol. The van der Waals surface area contributed by atoms with E-state index in [9.17, 15) is 0 Å². The van der Waals surface area contributed by atoms with E-state index >= 15 is 0 Å². The van der Waals surface area contributed by atoms with E-state index in [1.165, 1.54) is 11.8 Å². The average molecular weight is 322 g/mol. The van der Waals surface area contributed by atoms with Crippen LogP contribution in [0.25, 0.3) is 10.8 Å². The van der Waals surface area contributed by atoms with Crippen molar-refractivity contribution in [2.45, 2.75) is 37.7 Å². The summed E-state index contributed by atoms with van der Waals surface area (Å²) in [5.74, 6) is 2.61. The number of aryl methyl sites for hydroxylation is 1. The minimum absolute atomic E-state index is 0.230. The van der Waals surface area contributed by atoms with Gasteiger partial charge in [-0.2, -0.15) is 4.98 Å². The van der Waals surface area contributed by atoms with Crippen LogP contribution in [-0.4, -0.2) is 20.3 Å². The minimum atomic E-state index is 0.230. The predicted octanol–water partition coefficient (Wildman–Crippen LogP) is 3.91. The van der Waals surface area contributed by atoms with Gasteiger partial charge in [0, 0.05) is 5.92 Å². The molecule has 3 aromatic rings. The molecule has 0 unspecified atom stereocenters. The SMILES string of the molecule is Cc1ccsc1-c1nnc(SCc2noc(C(C)C)n2)o1. The van der Waals surface area contributed by atoms with Crippen LogP contribution in [0.4, 0.5) is 0 Å². The zero-order valence-electron chi connectivity index (χ0n) is 11.9. The van der Waals surface area contributed by atoms with Crippen molar-refractivity contribution in [3.05, 3.63) is 28.7 Å². The molecule has 21 heavy (non-hydrogen) atoms. The molecule has 0 spiro atoms. The fraction of sp³-hybridized carbons (Fsp3) is 0.385. The summed E-state index contributed by atoms with van der Waals surface area (Å²) in [6.45, 7) is 6.05. The molecule has 8 heteroatoms. The Labute approximate surface area is 130 Å². The summed E-state index contributed by atoms with van der Waals surface area (Å²) >= 11 is 2.99. The van der Waals surface area contributed by atoms with Gasteiger partial charge in [0.25, 0.3) is 11.1 Å². The van der Waals surface area contributed by atoms with Crippen LogP contribution < -0.4 is 0 Å². The lowest BCUT2D eigenvalue weighted by Gasteiger charge is -1.92. The third kappa shape index (κ3) is 3.16. The monoisotopic (exact) mass is 322 g/mol. The van der Waals surface area contributed by atoms with Gasteiger partial charge in [-0.1, -0.05) is 30.8 Å². The number of hydrogen-bond acceptors (Lipinski definition) is 8. The Morgan fingerprint density at radius 2 is 2.19 bits per heavy atom. The minimum Gasteiger partial charge on any atom is -0.410 e. The van der Waals surface area contributed by atoms with Crippen LogP contribution >= 0.6 is 23.1 Å². The number of aromatic nitrogens is 4. The van der Waals surface area contributed by atoms with E-state index in [1.54, 1.807) is 11.3 Å². The third-order valence-electron chi connectivity index (χ3n) is 2.77. The zero-order chi connectivity index (χ0) is 14.8. The van der Waals surface area contributed by atoms with Gasteiger partial charge in [0.05, 0.1) is 10.6 Å². The molecule has 3 aromatic heterocycles. The van der Waals surface area contributed by atoms with E-state index in [0.29, 0.717) is 28.6 Å². The van der Waals surface area contributed by atoms with Crippen molar-refractivity contribution in [2.75, 3.05) is 0 Å². The summed E-state index contributed by atoms with van der Waals surface area (Å²) in [5.41, 5.74) is 1.14. The Hall–Kier alpha value is -1.67. The zero-order valence-corrected chi connectivity index (χ0v) is 13.5. The van der Waals surface area contributed by atoms with Gasteiger partial charge >= 0.3 is 0 Å². The molecule has 0 atom stereocenters. The van der Waals surface area contributed by atoms with Crippen molar-refractivity contribution < 1.29 is 8.94 Å². The molecule has 0 N–H and O–H groups in total. The van der Waals surface area contributed by atoms with E-state index in [4.69, 9.17) is 8.94 Å². The lowest BCUT2D eigenvalue weighted by atomic mass is 10.2. The molecule has 3 heterocycles. The smallest absolute Gasteiger partial charge is 0.277 e. The normalized spacial score (nSPS) is 11.4. The number of thioether (sulfide) groups is 1. The Bertz CT molecular complexity index is 732. The Morgan fingerprint density at radius 3 is 2.86 bits per heavy atom. The van der Waals surface area contributed by atoms with Gasteiger partial charge in [-0.05, 0) is 23.9 Å². The molecule has 110 valence electrons. The van der Waals surface area contributed by atoms with Crippen LogP contribution in [0.1, 0.15) is 37.0 Å². The fourth-order valence-electron chi connectivity index (χ4n) is 1.64. The molecule has 0 aliphatic heterocycles. The summed E-state index contributed by atoms with van der Waals surface area (Å²) < 4.78 is 10.8. The highest BCUT2D eigenvalue weighted by Gasteiger charge is 2.14. The molecule has 0 aromatic carbocycles. The lowest BCUT2D eigenvalue weighted by molar-refractivity contribution is 0.362. The van der Waals surface area contributed by atoms with Gasteiger partial charge < -0.3 is 8.94 Å². The second-order valence-electron chi connectivity index (χ2n) is 4.80. The number of rotatable bonds is 5. The van der Waals surface area contributed by atoms with Crippen LogP contribution in [0.5, 0.6) is 0 Å². The van der Waals surface area contributed by atoms with Crippen molar-refractivity contribution in [3.8, 4) is 10.8 Å². The largest absolute Gasteiger partial charge is 0.410 e. The first-order chi connectivity index (χ1) is 10.1. The Morgan fingerprint density at radius 1 is 1.33 bits per heavy atom. The van der Waals surface area contributed by atoms with Gasteiger partial charge in [-0.25, -0.2) is 0 Å². The predicted molar refractivity (Wildman–Crippen MR) is 80.3 cm³/mol. The fourth-order valence-corrected chi connectivity index (χ4v) is 3.09. The first-order valence-corrected chi connectivity index (χ1v) is 8.33. The molecule has 0 saturated heterocycles. The number of nitrogens with zero attached hydrogens (tertiary/aromatic N) is 4. The molecule has 0 aliphatic rings. The van der Waals surface area contributed by atoms with E-state index < -0.39 is 0 Å². The summed E-state index contributed by atoms with van der Waals surface area (Å²) in [5, 5.41) is 14.6. The van der Waals surface area contributed by atoms with Crippen molar-refractivity contribution >= 4 is 23.1 Å². The molecule has 0 aliphatic carbocycles. The van der Waals surface area contributed by atoms with Crippen LogP contribution in [0.2, 0.25) is 0 Å². The first-order valence-electron chi connectivity index (χ1n) is 6.46. The van der Waals surface area contributed by atoms with Crippen LogP contribution in [-0.2, 0) is 5.75 Å². The average Bonchev–Trinajstić information content (AvgIpc) is 3.16. The van der Waals surface area contributed by atoms with Crippen LogP contribution in [0, 0.1) is 6.92 Å². The maximum atomic E-state index is 5.65. The second-order valence-corrected chi connectivity index (χ2v) is 6.64. The highest BCUT2D eigenvalue weighted by atomic mass is 32.2. The van der Waals surface area contributed by atoms with Crippen LogP contribution in [0.3, 0.4) is 0 Å². The van der Waals surface area contributed by atoms with Crippen molar-refractivity contribution in [1.82, 2.24) is 20.3 Å². The Kier molecular flexibility index (Phi) is 4.07. The lowest BCUT2D eigenvalue weighted by Crippen LogP contribution is -1.88. The van der Waals surface area contributed by atoms with Crippen molar-refractivity contribution in [1.29, 1.82) is 0 Å². The molecular formula is C13H14N4O2S2. The molecule has 0 bridgehead atoms. The van der Waals surface area contributed by atoms with E-state index in [0.717, 1.165) is 10.4 Å². The molecule has 0 amide bonds. The highest BCUT2D eigenvalue weighted by Crippen LogP contribution is 2.30. The van der Waals surface area contributed by atoms with Gasteiger partial charge in [-0.15, -0.1) is 21.5 Å². The van der Waals surface area contributed by atoms with E-state index in [2.05, 4.69) is 20.3 Å². The summed E-state index contributed by atoms with van der Waals surface area (Å²) in [7, 11) is 0. The maximum Gasteiger partial charge on any atom is 0.277 e. The number of hydrogen-bond donors (Lipinski definition) is 0. The third-order valence-corrected chi connectivity index (χ3v) is 4.58. The maximum absolute atomic E-state index is 5.65. The molecule has 6 nitrogen and oxygen atoms in total. The summed E-state index contributed by atoms with van der Waals surface area (Å²) in [6, 6.07) is 2.03. The van der Waals surface area contributed by atoms with E-state index in [-0.39, 0.29) is 5.92 Å². The van der Waals surface area contributed by atoms with Gasteiger partial charge in [0.2, 0.25) is 5.89 Å². The number of thiophene rings is 1. The quantitative estimate of drug-likeness (QED) is 0.659. The molecule has 0 fully saturated rings. The highest BCUT2D eigenvalue weighted by molar-refractivity contribution is 7.98. The van der Waals surface area contributed by atoms with Crippen LogP contribution in [0.15, 0.2) is 25.6 Å². The van der Waals surface area contributed by atoms with Crippen molar-refractivity contribution in [3.63, 3.8) is 0 Å². The Balaban J connectivity index is 1.66.